The molecule has 2 heterocycles. The molecule has 1 amide bonds. The predicted octanol–water partition coefficient (Wildman–Crippen LogP) is 3.48. The van der Waals surface area contributed by atoms with Crippen LogP contribution in [0.3, 0.4) is 0 Å². The van der Waals surface area contributed by atoms with Crippen LogP contribution in [0.25, 0.3) is 0 Å². The zero-order valence-corrected chi connectivity index (χ0v) is 14.8. The van der Waals surface area contributed by atoms with Crippen molar-refractivity contribution in [2.24, 2.45) is 5.41 Å². The van der Waals surface area contributed by atoms with Gasteiger partial charge in [0.05, 0.1) is 5.41 Å². The van der Waals surface area contributed by atoms with Gasteiger partial charge in [-0.2, -0.15) is 0 Å². The van der Waals surface area contributed by atoms with Gasteiger partial charge in [0.25, 0.3) is 0 Å². The molecule has 0 saturated carbocycles. The van der Waals surface area contributed by atoms with E-state index in [1.165, 1.54) is 11.1 Å². The zero-order valence-electron chi connectivity index (χ0n) is 14.8. The Morgan fingerprint density at radius 3 is 2.35 bits per heavy atom. The van der Waals surface area contributed by atoms with Gasteiger partial charge in [0.1, 0.15) is 0 Å². The van der Waals surface area contributed by atoms with Crippen molar-refractivity contribution in [2.45, 2.75) is 58.4 Å². The summed E-state index contributed by atoms with van der Waals surface area (Å²) < 4.78 is 0. The van der Waals surface area contributed by atoms with E-state index in [2.05, 4.69) is 55.3 Å². The number of carbonyl (C=O) groups excluding carboxylic acids is 1. The Bertz CT molecular complexity index is 544. The fraction of sp³-hybridized carbons (Fsp3) is 0.650. The lowest BCUT2D eigenvalue weighted by Gasteiger charge is -2.44. The second-order valence-corrected chi connectivity index (χ2v) is 8.31. The zero-order chi connectivity index (χ0) is 16.5. The Morgan fingerprint density at radius 1 is 1.09 bits per heavy atom. The molecule has 0 atom stereocenters. The quantitative estimate of drug-likeness (QED) is 0.906. The summed E-state index contributed by atoms with van der Waals surface area (Å²) >= 11 is 0. The van der Waals surface area contributed by atoms with E-state index < -0.39 is 0 Å². The van der Waals surface area contributed by atoms with Crippen molar-refractivity contribution in [1.29, 1.82) is 0 Å². The summed E-state index contributed by atoms with van der Waals surface area (Å²) in [6, 6.07) is 8.81. The molecule has 23 heavy (non-hydrogen) atoms. The highest BCUT2D eigenvalue weighted by molar-refractivity contribution is 5.83. The average Bonchev–Trinajstić information content (AvgIpc) is 2.53. The van der Waals surface area contributed by atoms with E-state index in [1.807, 2.05) is 0 Å². The Labute approximate surface area is 140 Å². The first-order chi connectivity index (χ1) is 10.9. The molecule has 0 radical (unpaired) electrons. The molecular formula is C20H30N2O. The van der Waals surface area contributed by atoms with Crippen molar-refractivity contribution in [3.8, 4) is 0 Å². The molecule has 3 rings (SSSR count). The van der Waals surface area contributed by atoms with Gasteiger partial charge in [0.15, 0.2) is 0 Å². The first-order valence-electron chi connectivity index (χ1n) is 9.00. The first kappa shape index (κ1) is 16.5. The lowest BCUT2D eigenvalue weighted by atomic mass is 9.72. The van der Waals surface area contributed by atoms with Crippen LogP contribution < -0.4 is 5.32 Å². The highest BCUT2D eigenvalue weighted by Gasteiger charge is 2.44. The molecule has 1 aromatic rings. The molecule has 1 spiro atoms. The third kappa shape index (κ3) is 3.45. The van der Waals surface area contributed by atoms with E-state index in [-0.39, 0.29) is 10.8 Å². The van der Waals surface area contributed by atoms with E-state index in [9.17, 15) is 4.79 Å². The van der Waals surface area contributed by atoms with Gasteiger partial charge in [-0.25, -0.2) is 0 Å². The highest BCUT2D eigenvalue weighted by atomic mass is 16.2. The minimum Gasteiger partial charge on any atom is -0.338 e. The molecule has 0 unspecified atom stereocenters. The molecule has 0 aliphatic carbocycles. The summed E-state index contributed by atoms with van der Waals surface area (Å²) in [6.07, 6.45) is 4.23. The Morgan fingerprint density at radius 2 is 1.74 bits per heavy atom. The van der Waals surface area contributed by atoms with Crippen LogP contribution >= 0.6 is 0 Å². The lowest BCUT2D eigenvalue weighted by molar-refractivity contribution is -0.149. The lowest BCUT2D eigenvalue weighted by Crippen LogP contribution is -2.52. The number of hydrogen-bond donors (Lipinski definition) is 1. The number of likely N-dealkylation sites (tertiary alicyclic amines) is 1. The number of nitrogens with one attached hydrogen (secondary N) is 1. The van der Waals surface area contributed by atoms with Crippen molar-refractivity contribution in [3.05, 3.63) is 35.4 Å². The van der Waals surface area contributed by atoms with Crippen LogP contribution in [0.15, 0.2) is 24.3 Å². The Kier molecular flexibility index (Phi) is 4.50. The van der Waals surface area contributed by atoms with Gasteiger partial charge in [-0.15, -0.1) is 0 Å². The van der Waals surface area contributed by atoms with E-state index in [1.54, 1.807) is 0 Å². The number of rotatable bonds is 2. The highest BCUT2D eigenvalue weighted by Crippen LogP contribution is 2.39. The molecule has 0 bridgehead atoms. The van der Waals surface area contributed by atoms with Gasteiger partial charge < -0.3 is 10.2 Å². The van der Waals surface area contributed by atoms with Gasteiger partial charge in [0, 0.05) is 13.1 Å². The van der Waals surface area contributed by atoms with E-state index in [0.29, 0.717) is 5.91 Å². The molecule has 2 aliphatic rings. The smallest absolute Gasteiger partial charge is 0.229 e. The van der Waals surface area contributed by atoms with Crippen molar-refractivity contribution in [3.63, 3.8) is 0 Å². The second-order valence-electron chi connectivity index (χ2n) is 8.31. The second kappa shape index (κ2) is 6.27. The minimum atomic E-state index is -0.0746. The van der Waals surface area contributed by atoms with Crippen LogP contribution in [0.5, 0.6) is 0 Å². The third-order valence-corrected chi connectivity index (χ3v) is 5.58. The minimum absolute atomic E-state index is 0.0746. The largest absolute Gasteiger partial charge is 0.338 e. The number of benzene rings is 1. The summed E-state index contributed by atoms with van der Waals surface area (Å²) in [4.78, 5) is 15.1. The SMILES string of the molecule is CC(C)(C)c1ccc(CN2CCCC3(CCNCC3)C2=O)cc1. The fourth-order valence-corrected chi connectivity index (χ4v) is 4.00. The molecule has 2 aliphatic heterocycles. The van der Waals surface area contributed by atoms with Gasteiger partial charge in [-0.05, 0) is 55.3 Å². The number of nitrogens with zero attached hydrogens (tertiary/aromatic N) is 1. The Hall–Kier alpha value is -1.35. The maximum atomic E-state index is 13.0. The monoisotopic (exact) mass is 314 g/mol. The van der Waals surface area contributed by atoms with Crippen molar-refractivity contribution in [1.82, 2.24) is 10.2 Å². The molecule has 3 nitrogen and oxygen atoms in total. The van der Waals surface area contributed by atoms with Crippen LogP contribution in [-0.2, 0) is 16.8 Å². The average molecular weight is 314 g/mol. The van der Waals surface area contributed by atoms with Crippen LogP contribution in [-0.4, -0.2) is 30.4 Å². The molecule has 2 fully saturated rings. The van der Waals surface area contributed by atoms with E-state index >= 15 is 0 Å². The predicted molar refractivity (Wildman–Crippen MR) is 94.3 cm³/mol. The summed E-state index contributed by atoms with van der Waals surface area (Å²) in [5.41, 5.74) is 2.70. The van der Waals surface area contributed by atoms with Gasteiger partial charge in [-0.1, -0.05) is 45.0 Å². The molecule has 0 aromatic heterocycles. The van der Waals surface area contributed by atoms with Crippen LogP contribution in [0.2, 0.25) is 0 Å². The molecule has 1 aromatic carbocycles. The van der Waals surface area contributed by atoms with Crippen LogP contribution in [0.1, 0.15) is 57.6 Å². The standard InChI is InChI=1S/C20H30N2O/c1-19(2,3)17-7-5-16(6-8-17)15-22-14-4-9-20(18(22)23)10-12-21-13-11-20/h5-8,21H,4,9-15H2,1-3H3. The summed E-state index contributed by atoms with van der Waals surface area (Å²) in [5, 5.41) is 3.39. The first-order valence-corrected chi connectivity index (χ1v) is 9.00. The third-order valence-electron chi connectivity index (χ3n) is 5.58. The topological polar surface area (TPSA) is 32.3 Å². The van der Waals surface area contributed by atoms with E-state index in [0.717, 1.165) is 51.9 Å². The van der Waals surface area contributed by atoms with Crippen molar-refractivity contribution >= 4 is 5.91 Å². The number of piperidine rings is 2. The van der Waals surface area contributed by atoms with Crippen molar-refractivity contribution < 1.29 is 4.79 Å². The Balaban J connectivity index is 1.71. The van der Waals surface area contributed by atoms with Crippen molar-refractivity contribution in [2.75, 3.05) is 19.6 Å². The molecule has 3 heteroatoms. The summed E-state index contributed by atoms with van der Waals surface area (Å²) in [7, 11) is 0. The molecule has 2 saturated heterocycles. The van der Waals surface area contributed by atoms with Gasteiger partial charge in [0.2, 0.25) is 5.91 Å². The number of hydrogen-bond acceptors (Lipinski definition) is 2. The van der Waals surface area contributed by atoms with Gasteiger partial charge in [-0.3, -0.25) is 4.79 Å². The molecular weight excluding hydrogens is 284 g/mol. The normalized spacial score (nSPS) is 21.7. The van der Waals surface area contributed by atoms with Crippen LogP contribution in [0, 0.1) is 5.41 Å². The maximum absolute atomic E-state index is 13.0. The van der Waals surface area contributed by atoms with E-state index in [4.69, 9.17) is 0 Å². The number of amides is 1. The molecule has 1 N–H and O–H groups in total. The fourth-order valence-electron chi connectivity index (χ4n) is 4.00. The maximum Gasteiger partial charge on any atom is 0.229 e. The summed E-state index contributed by atoms with van der Waals surface area (Å²) in [5.74, 6) is 0.394. The van der Waals surface area contributed by atoms with Crippen LogP contribution in [0.4, 0.5) is 0 Å². The summed E-state index contributed by atoms with van der Waals surface area (Å²) in [6.45, 7) is 10.3. The van der Waals surface area contributed by atoms with Gasteiger partial charge >= 0.3 is 0 Å². The molecule has 126 valence electrons. The number of carbonyl (C=O) groups is 1.